The molecule has 0 saturated carbocycles. The van der Waals surface area contributed by atoms with E-state index in [1.807, 2.05) is 0 Å². The minimum Gasteiger partial charge on any atom is -0.465 e. The molecule has 0 bridgehead atoms. The smallest absolute Gasteiger partial charge is 0.465 e. The van der Waals surface area contributed by atoms with Gasteiger partial charge >= 0.3 is 19.5 Å². The summed E-state index contributed by atoms with van der Waals surface area (Å²) in [7, 11) is -0.235. The Morgan fingerprint density at radius 3 is 2.65 bits per heavy atom. The minimum atomic E-state index is -4.31. The van der Waals surface area contributed by atoms with Gasteiger partial charge in [-0.05, 0) is 26.7 Å². The van der Waals surface area contributed by atoms with Crippen molar-refractivity contribution in [3.63, 3.8) is 0 Å². The zero-order valence-corrected chi connectivity index (χ0v) is 25.6. The fraction of sp³-hybridized carbons (Fsp3) is 0.783. The normalized spacial score (nSPS) is 22.1. The Hall–Kier alpha value is -1.20. The minimum absolute atomic E-state index is 0.0155. The molecule has 230 valence electrons. The lowest BCUT2D eigenvalue weighted by Gasteiger charge is -2.31. The third-order valence-electron chi connectivity index (χ3n) is 6.17. The predicted molar refractivity (Wildman–Crippen MR) is 149 cm³/mol. The molecular formula is C23H39N2O12PS2. The molecule has 2 heterocycles. The van der Waals surface area contributed by atoms with Crippen molar-refractivity contribution in [2.45, 2.75) is 58.5 Å². The monoisotopic (exact) mass is 630 g/mol. The first-order valence-electron chi connectivity index (χ1n) is 12.8. The molecule has 0 radical (unpaired) electrons. The van der Waals surface area contributed by atoms with Gasteiger partial charge < -0.3 is 24.4 Å². The van der Waals surface area contributed by atoms with Crippen molar-refractivity contribution in [1.82, 2.24) is 9.55 Å². The number of nitrogens with one attached hydrogen (secondary N) is 1. The van der Waals surface area contributed by atoms with Crippen molar-refractivity contribution in [2.75, 3.05) is 51.8 Å². The molecule has 0 spiro atoms. The Bertz CT molecular complexity index is 1100. The van der Waals surface area contributed by atoms with E-state index in [1.54, 1.807) is 13.8 Å². The standard InChI is InChI=1S/C23H39N2O12PS2/c1-5-23(21(29)34-6-2,13-33-15-40-39-9-7-8-26)14-35-38(31,32-4)37-17-10-19(36-18(17)12-27)25-11-16(3)20(28)24-22(25)30/h11,17-19,26-27H,5-10,12-15H2,1-4H3,(H,24,28,30)/t17?,18-,19-,23?,38?/m1/s1. The fourth-order valence-corrected chi connectivity index (χ4v) is 6.63. The number of rotatable bonds is 19. The molecule has 3 N–H and O–H groups in total. The summed E-state index contributed by atoms with van der Waals surface area (Å²) in [4.78, 5) is 39.1. The SMILES string of the molecule is CCOC(=O)C(CC)(COCSSCCCO)COP(=O)(OC)OC1C[C@H](n2cc(C)c(=O)[nH]c2=O)O[C@@H]1CO. The van der Waals surface area contributed by atoms with Crippen LogP contribution in [-0.4, -0.2) is 89.8 Å². The van der Waals surface area contributed by atoms with Crippen molar-refractivity contribution in [1.29, 1.82) is 0 Å². The van der Waals surface area contributed by atoms with Gasteiger partial charge in [0.25, 0.3) is 5.56 Å². The number of carbonyl (C=O) groups excluding carboxylic acids is 1. The Kier molecular flexibility index (Phi) is 14.9. The van der Waals surface area contributed by atoms with E-state index in [1.165, 1.54) is 34.7 Å². The summed E-state index contributed by atoms with van der Waals surface area (Å²) >= 11 is 0. The molecule has 0 amide bonds. The van der Waals surface area contributed by atoms with Gasteiger partial charge in [-0.15, -0.1) is 0 Å². The first-order chi connectivity index (χ1) is 19.1. The lowest BCUT2D eigenvalue weighted by molar-refractivity contribution is -0.162. The second kappa shape index (κ2) is 17.0. The van der Waals surface area contributed by atoms with E-state index < -0.39 is 62.1 Å². The van der Waals surface area contributed by atoms with Crippen molar-refractivity contribution >= 4 is 35.4 Å². The molecule has 1 saturated heterocycles. The van der Waals surface area contributed by atoms with Crippen LogP contribution in [0.15, 0.2) is 15.8 Å². The van der Waals surface area contributed by atoms with Crippen LogP contribution in [-0.2, 0) is 37.1 Å². The van der Waals surface area contributed by atoms with Crippen molar-refractivity contribution in [2.24, 2.45) is 5.41 Å². The van der Waals surface area contributed by atoms with Crippen LogP contribution in [0.4, 0.5) is 0 Å². The molecule has 17 heteroatoms. The van der Waals surface area contributed by atoms with Crippen LogP contribution >= 0.6 is 29.4 Å². The summed E-state index contributed by atoms with van der Waals surface area (Å²) < 4.78 is 47.7. The van der Waals surface area contributed by atoms with Crippen LogP contribution < -0.4 is 11.2 Å². The van der Waals surface area contributed by atoms with Crippen LogP contribution in [0.5, 0.6) is 0 Å². The van der Waals surface area contributed by atoms with Gasteiger partial charge in [0.05, 0.1) is 26.4 Å². The van der Waals surface area contributed by atoms with Crippen molar-refractivity contribution in [3.05, 3.63) is 32.6 Å². The zero-order chi connectivity index (χ0) is 29.8. The van der Waals surface area contributed by atoms with Crippen LogP contribution in [0.25, 0.3) is 0 Å². The number of phosphoric acid groups is 1. The van der Waals surface area contributed by atoms with Gasteiger partial charge in [-0.2, -0.15) is 0 Å². The fourth-order valence-electron chi connectivity index (χ4n) is 3.72. The van der Waals surface area contributed by atoms with Crippen LogP contribution in [0.1, 0.15) is 44.9 Å². The van der Waals surface area contributed by atoms with Gasteiger partial charge in [-0.1, -0.05) is 28.5 Å². The average Bonchev–Trinajstić information content (AvgIpc) is 3.34. The van der Waals surface area contributed by atoms with Crippen molar-refractivity contribution < 1.29 is 47.4 Å². The maximum absolute atomic E-state index is 13.5. The number of aliphatic hydroxyl groups is 2. The van der Waals surface area contributed by atoms with Crippen LogP contribution in [0, 0.1) is 12.3 Å². The Balaban J connectivity index is 2.12. The van der Waals surface area contributed by atoms with E-state index in [9.17, 15) is 24.1 Å². The average molecular weight is 631 g/mol. The highest BCUT2D eigenvalue weighted by atomic mass is 33.1. The highest BCUT2D eigenvalue weighted by molar-refractivity contribution is 8.76. The number of aryl methyl sites for hydroxylation is 1. The number of phosphoric ester groups is 1. The van der Waals surface area contributed by atoms with E-state index in [4.69, 9.17) is 32.9 Å². The number of esters is 1. The van der Waals surface area contributed by atoms with Gasteiger partial charge in [0, 0.05) is 37.7 Å². The van der Waals surface area contributed by atoms with E-state index in [0.717, 1.165) is 17.4 Å². The molecule has 5 atom stereocenters. The van der Waals surface area contributed by atoms with E-state index in [2.05, 4.69) is 4.98 Å². The number of nitrogens with zero attached hydrogens (tertiary/aromatic N) is 1. The van der Waals surface area contributed by atoms with Gasteiger partial charge in [0.1, 0.15) is 29.8 Å². The number of aromatic nitrogens is 2. The first-order valence-corrected chi connectivity index (χ1v) is 16.7. The van der Waals surface area contributed by atoms with Crippen LogP contribution in [0.2, 0.25) is 0 Å². The number of aromatic amines is 1. The topological polar surface area (TPSA) is 185 Å². The number of hydrogen-bond donors (Lipinski definition) is 3. The first kappa shape index (κ1) is 35.0. The lowest BCUT2D eigenvalue weighted by Crippen LogP contribution is -2.41. The summed E-state index contributed by atoms with van der Waals surface area (Å²) in [6.45, 7) is 4.14. The van der Waals surface area contributed by atoms with Gasteiger partial charge in [0.15, 0.2) is 0 Å². The number of hydrogen-bond acceptors (Lipinski definition) is 14. The third kappa shape index (κ3) is 9.68. The largest absolute Gasteiger partial charge is 0.474 e. The molecule has 40 heavy (non-hydrogen) atoms. The van der Waals surface area contributed by atoms with E-state index >= 15 is 0 Å². The van der Waals surface area contributed by atoms with Gasteiger partial charge in [0.2, 0.25) is 0 Å². The molecule has 0 aliphatic carbocycles. The second-order valence-corrected chi connectivity index (χ2v) is 13.2. The molecule has 1 aromatic heterocycles. The molecule has 1 aliphatic rings. The molecule has 3 unspecified atom stereocenters. The highest BCUT2D eigenvalue weighted by Gasteiger charge is 2.46. The molecular weight excluding hydrogens is 591 g/mol. The summed E-state index contributed by atoms with van der Waals surface area (Å²) in [6.07, 6.45) is -0.717. The number of ether oxygens (including phenoxy) is 3. The second-order valence-electron chi connectivity index (χ2n) is 8.91. The summed E-state index contributed by atoms with van der Waals surface area (Å²) in [5.41, 5.74) is -2.28. The predicted octanol–water partition coefficient (Wildman–Crippen LogP) is 1.98. The molecule has 0 aromatic carbocycles. The van der Waals surface area contributed by atoms with Gasteiger partial charge in [-0.25, -0.2) is 9.36 Å². The van der Waals surface area contributed by atoms with Crippen molar-refractivity contribution in [3.8, 4) is 0 Å². The quantitative estimate of drug-likeness (QED) is 0.0662. The molecule has 1 aliphatic heterocycles. The Morgan fingerprint density at radius 1 is 1.27 bits per heavy atom. The van der Waals surface area contributed by atoms with E-state index in [0.29, 0.717) is 6.42 Å². The maximum Gasteiger partial charge on any atom is 0.474 e. The number of H-pyrrole nitrogens is 1. The highest BCUT2D eigenvalue weighted by Crippen LogP contribution is 2.53. The lowest BCUT2D eigenvalue weighted by atomic mass is 9.87. The van der Waals surface area contributed by atoms with Gasteiger partial charge in [-0.3, -0.25) is 32.7 Å². The maximum atomic E-state index is 13.5. The zero-order valence-electron chi connectivity index (χ0n) is 23.1. The third-order valence-corrected chi connectivity index (χ3v) is 9.76. The molecule has 1 fully saturated rings. The Morgan fingerprint density at radius 2 is 2.02 bits per heavy atom. The number of aliphatic hydroxyl groups excluding tert-OH is 2. The summed E-state index contributed by atoms with van der Waals surface area (Å²) in [6, 6.07) is 0. The van der Waals surface area contributed by atoms with E-state index in [-0.39, 0.29) is 44.2 Å². The number of carbonyl (C=O) groups is 1. The summed E-state index contributed by atoms with van der Waals surface area (Å²) in [5, 5.41) is 18.7. The molecule has 2 rings (SSSR count). The Labute approximate surface area is 240 Å². The molecule has 14 nitrogen and oxygen atoms in total. The summed E-state index contributed by atoms with van der Waals surface area (Å²) in [5.74, 6) is 0.414. The molecule has 1 aromatic rings. The van der Waals surface area contributed by atoms with Crippen LogP contribution in [0.3, 0.4) is 0 Å².